The molecule has 1 saturated carbocycles. The van der Waals surface area contributed by atoms with E-state index in [2.05, 4.69) is 22.7 Å². The predicted octanol–water partition coefficient (Wildman–Crippen LogP) is 2.67. The lowest BCUT2D eigenvalue weighted by atomic mass is 9.77. The first-order valence-corrected chi connectivity index (χ1v) is 9.39. The maximum atomic E-state index is 12.8. The highest BCUT2D eigenvalue weighted by Crippen LogP contribution is 2.35. The zero-order valence-corrected chi connectivity index (χ0v) is 16.3. The third-order valence-electron chi connectivity index (χ3n) is 4.92. The molecular weight excluding hydrogens is 372 g/mol. The zero-order chi connectivity index (χ0) is 19.8. The van der Waals surface area contributed by atoms with Crippen LogP contribution in [0.4, 0.5) is 4.79 Å². The van der Waals surface area contributed by atoms with Crippen LogP contribution in [0.25, 0.3) is 0 Å². The number of carbonyl (C=O) groups excluding carboxylic acids is 3. The van der Waals surface area contributed by atoms with Crippen molar-refractivity contribution < 1.29 is 19.1 Å². The number of halogens is 1. The van der Waals surface area contributed by atoms with Crippen molar-refractivity contribution in [3.8, 4) is 5.88 Å². The highest BCUT2D eigenvalue weighted by molar-refractivity contribution is 6.32. The molecule has 27 heavy (non-hydrogen) atoms. The molecule has 146 valence electrons. The Morgan fingerprint density at radius 1 is 1.41 bits per heavy atom. The third kappa shape index (κ3) is 3.85. The van der Waals surface area contributed by atoms with E-state index in [0.29, 0.717) is 18.8 Å². The first kappa shape index (κ1) is 19.4. The van der Waals surface area contributed by atoms with Crippen LogP contribution >= 0.6 is 11.6 Å². The number of amides is 4. The van der Waals surface area contributed by atoms with Crippen LogP contribution in [0.1, 0.15) is 56.8 Å². The summed E-state index contributed by atoms with van der Waals surface area (Å²) in [5, 5.41) is 3.68. The van der Waals surface area contributed by atoms with Crippen molar-refractivity contribution in [2.24, 2.45) is 5.92 Å². The normalized spacial score (nSPS) is 25.1. The molecule has 0 aromatic carbocycles. The van der Waals surface area contributed by atoms with Crippen molar-refractivity contribution in [3.63, 3.8) is 0 Å². The number of aromatic nitrogens is 1. The molecule has 2 heterocycles. The van der Waals surface area contributed by atoms with Gasteiger partial charge in [-0.3, -0.25) is 15.0 Å². The van der Waals surface area contributed by atoms with Crippen LogP contribution in [0.5, 0.6) is 5.88 Å². The average Bonchev–Trinajstić information content (AvgIpc) is 2.83. The molecule has 1 aromatic heterocycles. The summed E-state index contributed by atoms with van der Waals surface area (Å²) in [6.45, 7) is 5.78. The van der Waals surface area contributed by atoms with Gasteiger partial charge in [0.05, 0.1) is 11.7 Å². The van der Waals surface area contributed by atoms with Crippen LogP contribution in [0, 0.1) is 5.92 Å². The van der Waals surface area contributed by atoms with E-state index in [9.17, 15) is 14.4 Å². The lowest BCUT2D eigenvalue weighted by Gasteiger charge is -2.33. The smallest absolute Gasteiger partial charge is 0.344 e. The molecule has 1 aliphatic carbocycles. The number of urea groups is 1. The van der Waals surface area contributed by atoms with E-state index in [1.807, 2.05) is 13.8 Å². The Morgan fingerprint density at radius 3 is 2.67 bits per heavy atom. The van der Waals surface area contributed by atoms with Crippen LogP contribution in [-0.2, 0) is 4.79 Å². The number of ether oxygens (including phenoxy) is 1. The van der Waals surface area contributed by atoms with Gasteiger partial charge in [-0.25, -0.2) is 9.78 Å². The van der Waals surface area contributed by atoms with Crippen LogP contribution in [0.2, 0.25) is 5.02 Å². The predicted molar refractivity (Wildman–Crippen MR) is 98.2 cm³/mol. The second-order valence-corrected chi connectivity index (χ2v) is 7.86. The minimum atomic E-state index is -0.915. The molecule has 9 heteroatoms. The van der Waals surface area contributed by atoms with Gasteiger partial charge in [0.2, 0.25) is 5.88 Å². The summed E-state index contributed by atoms with van der Waals surface area (Å²) in [5.41, 5.74) is 1.56. The number of carbonyl (C=O) groups is 3. The lowest BCUT2D eigenvalue weighted by Crippen LogP contribution is -2.51. The first-order valence-electron chi connectivity index (χ1n) is 9.02. The fraction of sp³-hybridized carbons (Fsp3) is 0.556. The van der Waals surface area contributed by atoms with E-state index in [1.165, 1.54) is 12.3 Å². The molecule has 1 spiro atoms. The highest BCUT2D eigenvalue weighted by atomic mass is 35.5. The summed E-state index contributed by atoms with van der Waals surface area (Å²) in [6, 6.07) is 0.764. The second-order valence-electron chi connectivity index (χ2n) is 7.45. The van der Waals surface area contributed by atoms with Gasteiger partial charge in [0.1, 0.15) is 10.6 Å². The van der Waals surface area contributed by atoms with Gasteiger partial charge in [0, 0.05) is 6.20 Å². The van der Waals surface area contributed by atoms with Crippen LogP contribution < -0.4 is 15.5 Å². The molecule has 0 atom stereocenters. The zero-order valence-electron chi connectivity index (χ0n) is 15.5. The number of hydrogen-bond acceptors (Lipinski definition) is 5. The summed E-state index contributed by atoms with van der Waals surface area (Å²) in [5.74, 6) is -0.339. The summed E-state index contributed by atoms with van der Waals surface area (Å²) >= 11 is 6.09. The van der Waals surface area contributed by atoms with Crippen molar-refractivity contribution in [2.45, 2.75) is 58.1 Å². The van der Waals surface area contributed by atoms with E-state index < -0.39 is 23.4 Å². The van der Waals surface area contributed by atoms with Crippen molar-refractivity contribution in [3.05, 3.63) is 22.8 Å². The van der Waals surface area contributed by atoms with E-state index in [0.717, 1.165) is 17.9 Å². The van der Waals surface area contributed by atoms with Gasteiger partial charge in [-0.05, 0) is 51.5 Å². The average molecular weight is 395 g/mol. The molecule has 0 radical (unpaired) electrons. The molecule has 4 amide bonds. The number of rotatable bonds is 4. The SMILES string of the molecule is CC1CCC2(CC1)NC(=O)N(NC(=O)c1cnc(OC(C)C)c(Cl)c1)C2=O. The van der Waals surface area contributed by atoms with E-state index >= 15 is 0 Å². The maximum Gasteiger partial charge on any atom is 0.344 e. The summed E-state index contributed by atoms with van der Waals surface area (Å²) in [4.78, 5) is 41.5. The van der Waals surface area contributed by atoms with Crippen molar-refractivity contribution >= 4 is 29.4 Å². The van der Waals surface area contributed by atoms with Gasteiger partial charge in [-0.2, -0.15) is 5.01 Å². The molecular formula is C18H23ClN4O4. The second kappa shape index (κ2) is 7.34. The minimum Gasteiger partial charge on any atom is -0.474 e. The van der Waals surface area contributed by atoms with Crippen molar-refractivity contribution in [1.82, 2.24) is 20.7 Å². The van der Waals surface area contributed by atoms with Gasteiger partial charge in [-0.1, -0.05) is 18.5 Å². The number of imide groups is 1. The third-order valence-corrected chi connectivity index (χ3v) is 5.19. The fourth-order valence-corrected chi connectivity index (χ4v) is 3.55. The van der Waals surface area contributed by atoms with Crippen LogP contribution in [0.15, 0.2) is 12.3 Å². The standard InChI is InChI=1S/C18H23ClN4O4/c1-10(2)27-15-13(19)8-12(9-20-15)14(24)22-23-16(25)18(21-17(23)26)6-4-11(3)5-7-18/h8-11H,4-7H2,1-3H3,(H,21,26)(H,22,24). The molecule has 2 aliphatic rings. The molecule has 1 aliphatic heterocycles. The van der Waals surface area contributed by atoms with Gasteiger partial charge >= 0.3 is 6.03 Å². The molecule has 2 N–H and O–H groups in total. The monoisotopic (exact) mass is 394 g/mol. The lowest BCUT2D eigenvalue weighted by molar-refractivity contribution is -0.134. The number of hydrogen-bond donors (Lipinski definition) is 2. The quantitative estimate of drug-likeness (QED) is 0.764. The van der Waals surface area contributed by atoms with Crippen LogP contribution in [-0.4, -0.2) is 39.5 Å². The first-order chi connectivity index (χ1) is 12.7. The minimum absolute atomic E-state index is 0.116. The summed E-state index contributed by atoms with van der Waals surface area (Å²) in [7, 11) is 0. The largest absolute Gasteiger partial charge is 0.474 e. The number of pyridine rings is 1. The maximum absolute atomic E-state index is 12.8. The van der Waals surface area contributed by atoms with Gasteiger partial charge in [0.15, 0.2) is 0 Å². The molecule has 0 bridgehead atoms. The Bertz CT molecular complexity index is 775. The van der Waals surface area contributed by atoms with Crippen molar-refractivity contribution in [1.29, 1.82) is 0 Å². The number of nitrogens with zero attached hydrogens (tertiary/aromatic N) is 2. The highest BCUT2D eigenvalue weighted by Gasteiger charge is 2.52. The van der Waals surface area contributed by atoms with Gasteiger partial charge in [0.25, 0.3) is 11.8 Å². The van der Waals surface area contributed by atoms with E-state index in [-0.39, 0.29) is 22.6 Å². The van der Waals surface area contributed by atoms with E-state index in [4.69, 9.17) is 16.3 Å². The Labute approximate surface area is 162 Å². The fourth-order valence-electron chi connectivity index (χ4n) is 3.34. The Kier molecular flexibility index (Phi) is 5.28. The summed E-state index contributed by atoms with van der Waals surface area (Å²) in [6.07, 6.45) is 4.01. The topological polar surface area (TPSA) is 101 Å². The molecule has 1 aromatic rings. The number of nitrogens with one attached hydrogen (secondary N) is 2. The summed E-state index contributed by atoms with van der Waals surface area (Å²) < 4.78 is 5.43. The molecule has 2 fully saturated rings. The Balaban J connectivity index is 1.71. The van der Waals surface area contributed by atoms with Gasteiger partial charge < -0.3 is 10.1 Å². The number of hydrazine groups is 1. The molecule has 1 saturated heterocycles. The van der Waals surface area contributed by atoms with E-state index in [1.54, 1.807) is 0 Å². The van der Waals surface area contributed by atoms with Crippen LogP contribution in [0.3, 0.4) is 0 Å². The molecule has 0 unspecified atom stereocenters. The van der Waals surface area contributed by atoms with Crippen molar-refractivity contribution in [2.75, 3.05) is 0 Å². The molecule has 8 nitrogen and oxygen atoms in total. The Morgan fingerprint density at radius 2 is 2.07 bits per heavy atom. The molecule has 3 rings (SSSR count). The van der Waals surface area contributed by atoms with Gasteiger partial charge in [-0.15, -0.1) is 0 Å². The Hall–Kier alpha value is -2.35.